The zero-order valence-electron chi connectivity index (χ0n) is 18.0. The maximum atomic E-state index is 12.1. The molecular weight excluding hydrogens is 511 g/mol. The second kappa shape index (κ2) is 12.7. The predicted octanol–water partition coefficient (Wildman–Crippen LogP) is 0.602. The molecule has 0 aromatic heterocycles. The van der Waals surface area contributed by atoms with Crippen LogP contribution in [0.15, 0.2) is 29.3 Å². The Hall–Kier alpha value is -2.08. The maximum Gasteiger partial charge on any atom is 0.251 e. The van der Waals surface area contributed by atoms with Crippen molar-refractivity contribution in [3.63, 3.8) is 0 Å². The highest BCUT2D eigenvalue weighted by molar-refractivity contribution is 14.0. The van der Waals surface area contributed by atoms with E-state index in [0.717, 1.165) is 51.5 Å². The summed E-state index contributed by atoms with van der Waals surface area (Å²) in [4.78, 5) is 33.1. The van der Waals surface area contributed by atoms with Crippen LogP contribution in [-0.4, -0.2) is 91.1 Å². The Morgan fingerprint density at radius 1 is 1.10 bits per heavy atom. The van der Waals surface area contributed by atoms with E-state index in [2.05, 4.69) is 30.7 Å². The first-order valence-electron chi connectivity index (χ1n) is 10.7. The standard InChI is InChI=1S/C21H32N6O3.HI/c1-2-22-21(24-10-9-23-20(30)16-3-7-18(28)8-4-16)27-13-11-26(12-14-27)15-19(29)25-17-5-6-17;/h3-4,7-8,17,28H,2,5-6,9-15H2,1H3,(H,22,24)(H,23,30)(H,25,29);1H. The molecule has 0 spiro atoms. The van der Waals surface area contributed by atoms with Gasteiger partial charge in [-0.15, -0.1) is 24.0 Å². The van der Waals surface area contributed by atoms with Gasteiger partial charge in [0, 0.05) is 50.9 Å². The second-order valence-corrected chi connectivity index (χ2v) is 7.64. The summed E-state index contributed by atoms with van der Waals surface area (Å²) >= 11 is 0. The van der Waals surface area contributed by atoms with Crippen molar-refractivity contribution in [1.82, 2.24) is 25.8 Å². The van der Waals surface area contributed by atoms with Gasteiger partial charge < -0.3 is 26.0 Å². The number of halogens is 1. The summed E-state index contributed by atoms with van der Waals surface area (Å²) in [6.07, 6.45) is 2.22. The zero-order chi connectivity index (χ0) is 21.3. The molecule has 0 unspecified atom stereocenters. The van der Waals surface area contributed by atoms with E-state index in [0.29, 0.717) is 31.2 Å². The molecule has 3 rings (SSSR count). The highest BCUT2D eigenvalue weighted by Gasteiger charge is 2.25. The van der Waals surface area contributed by atoms with Crippen molar-refractivity contribution in [3.05, 3.63) is 29.8 Å². The lowest BCUT2D eigenvalue weighted by Crippen LogP contribution is -2.54. The van der Waals surface area contributed by atoms with Gasteiger partial charge >= 0.3 is 0 Å². The Morgan fingerprint density at radius 3 is 2.39 bits per heavy atom. The van der Waals surface area contributed by atoms with Crippen LogP contribution in [0, 0.1) is 0 Å². The summed E-state index contributed by atoms with van der Waals surface area (Å²) in [6, 6.07) is 6.56. The number of hydrogen-bond donors (Lipinski definition) is 4. The van der Waals surface area contributed by atoms with Gasteiger partial charge in [-0.25, -0.2) is 0 Å². The molecule has 1 aliphatic heterocycles. The number of carbonyl (C=O) groups excluding carboxylic acids is 2. The number of rotatable bonds is 8. The predicted molar refractivity (Wildman–Crippen MR) is 131 cm³/mol. The number of phenolic OH excluding ortho intramolecular Hbond substituents is 1. The Balaban J connectivity index is 0.00000341. The number of nitrogens with one attached hydrogen (secondary N) is 3. The van der Waals surface area contributed by atoms with E-state index in [1.807, 2.05) is 6.92 Å². The number of amides is 2. The first-order valence-corrected chi connectivity index (χ1v) is 10.7. The van der Waals surface area contributed by atoms with E-state index in [1.165, 1.54) is 12.1 Å². The van der Waals surface area contributed by atoms with Crippen LogP contribution >= 0.6 is 24.0 Å². The molecule has 1 aliphatic carbocycles. The average molecular weight is 544 g/mol. The molecule has 2 fully saturated rings. The van der Waals surface area contributed by atoms with E-state index in [1.54, 1.807) is 12.1 Å². The van der Waals surface area contributed by atoms with Crippen LogP contribution in [0.25, 0.3) is 0 Å². The molecule has 2 amide bonds. The largest absolute Gasteiger partial charge is 0.508 e. The third-order valence-corrected chi connectivity index (χ3v) is 5.10. The molecule has 1 saturated heterocycles. The van der Waals surface area contributed by atoms with Gasteiger partial charge in [-0.3, -0.25) is 19.5 Å². The summed E-state index contributed by atoms with van der Waals surface area (Å²) in [5.41, 5.74) is 0.505. The minimum absolute atomic E-state index is 0. The number of guanidine groups is 1. The summed E-state index contributed by atoms with van der Waals surface area (Å²) in [5.74, 6) is 0.901. The molecule has 0 atom stereocenters. The number of aromatic hydroxyl groups is 1. The molecule has 10 heteroatoms. The van der Waals surface area contributed by atoms with E-state index >= 15 is 0 Å². The molecule has 0 radical (unpaired) electrons. The first-order chi connectivity index (χ1) is 14.5. The molecule has 1 aromatic rings. The van der Waals surface area contributed by atoms with Gasteiger partial charge in [0.15, 0.2) is 5.96 Å². The third kappa shape index (κ3) is 8.52. The van der Waals surface area contributed by atoms with Crippen LogP contribution < -0.4 is 16.0 Å². The molecule has 1 aromatic carbocycles. The van der Waals surface area contributed by atoms with Crippen molar-refractivity contribution < 1.29 is 14.7 Å². The number of aliphatic imine (C=N–C) groups is 1. The number of phenols is 1. The van der Waals surface area contributed by atoms with Crippen molar-refractivity contribution in [2.75, 3.05) is 52.4 Å². The molecule has 1 heterocycles. The number of hydrogen-bond acceptors (Lipinski definition) is 5. The fourth-order valence-corrected chi connectivity index (χ4v) is 3.29. The summed E-state index contributed by atoms with van der Waals surface area (Å²) < 4.78 is 0. The minimum Gasteiger partial charge on any atom is -0.508 e. The first kappa shape index (κ1) is 25.2. The van der Waals surface area contributed by atoms with Crippen LogP contribution in [-0.2, 0) is 4.79 Å². The van der Waals surface area contributed by atoms with Crippen LogP contribution in [0.4, 0.5) is 0 Å². The van der Waals surface area contributed by atoms with Gasteiger partial charge in [0.05, 0.1) is 13.1 Å². The van der Waals surface area contributed by atoms with Gasteiger partial charge in [0.1, 0.15) is 5.75 Å². The lowest BCUT2D eigenvalue weighted by Gasteiger charge is -2.36. The molecule has 9 nitrogen and oxygen atoms in total. The Labute approximate surface area is 200 Å². The van der Waals surface area contributed by atoms with E-state index in [4.69, 9.17) is 0 Å². The molecule has 2 aliphatic rings. The lowest BCUT2D eigenvalue weighted by atomic mass is 10.2. The Kier molecular flexibility index (Phi) is 10.3. The number of benzene rings is 1. The van der Waals surface area contributed by atoms with Crippen LogP contribution in [0.5, 0.6) is 5.75 Å². The van der Waals surface area contributed by atoms with Gasteiger partial charge in [-0.05, 0) is 44.0 Å². The average Bonchev–Trinajstić information content (AvgIpc) is 3.55. The lowest BCUT2D eigenvalue weighted by molar-refractivity contribution is -0.122. The fourth-order valence-electron chi connectivity index (χ4n) is 3.29. The molecule has 31 heavy (non-hydrogen) atoms. The quantitative estimate of drug-likeness (QED) is 0.165. The monoisotopic (exact) mass is 544 g/mol. The highest BCUT2D eigenvalue weighted by Crippen LogP contribution is 2.18. The van der Waals surface area contributed by atoms with E-state index in [9.17, 15) is 14.7 Å². The maximum absolute atomic E-state index is 12.1. The Bertz CT molecular complexity index is 746. The summed E-state index contributed by atoms with van der Waals surface area (Å²) in [7, 11) is 0. The second-order valence-electron chi connectivity index (χ2n) is 7.64. The van der Waals surface area contributed by atoms with E-state index < -0.39 is 0 Å². The normalized spacial score (nSPS) is 16.9. The van der Waals surface area contributed by atoms with Crippen molar-refractivity contribution in [1.29, 1.82) is 0 Å². The number of piperazine rings is 1. The topological polar surface area (TPSA) is 109 Å². The number of nitrogens with zero attached hydrogens (tertiary/aromatic N) is 3. The van der Waals surface area contributed by atoms with Crippen molar-refractivity contribution in [2.45, 2.75) is 25.8 Å². The third-order valence-electron chi connectivity index (χ3n) is 5.10. The summed E-state index contributed by atoms with van der Waals surface area (Å²) in [6.45, 7) is 7.40. The smallest absolute Gasteiger partial charge is 0.251 e. The van der Waals surface area contributed by atoms with Crippen molar-refractivity contribution in [3.8, 4) is 5.75 Å². The van der Waals surface area contributed by atoms with Gasteiger partial charge in [-0.2, -0.15) is 0 Å². The van der Waals surface area contributed by atoms with E-state index in [-0.39, 0.29) is 41.5 Å². The molecule has 4 N–H and O–H groups in total. The molecule has 172 valence electrons. The molecular formula is C21H33IN6O3. The van der Waals surface area contributed by atoms with Crippen LogP contribution in [0.2, 0.25) is 0 Å². The highest BCUT2D eigenvalue weighted by atomic mass is 127. The summed E-state index contributed by atoms with van der Waals surface area (Å²) in [5, 5.41) is 18.5. The van der Waals surface area contributed by atoms with Crippen LogP contribution in [0.3, 0.4) is 0 Å². The van der Waals surface area contributed by atoms with Gasteiger partial charge in [-0.1, -0.05) is 0 Å². The van der Waals surface area contributed by atoms with Crippen molar-refractivity contribution >= 4 is 41.8 Å². The van der Waals surface area contributed by atoms with Gasteiger partial charge in [0.25, 0.3) is 5.91 Å². The molecule has 1 saturated carbocycles. The fraction of sp³-hybridized carbons (Fsp3) is 0.571. The molecule has 0 bridgehead atoms. The SMILES string of the molecule is CCNC(=NCCNC(=O)c1ccc(O)cc1)N1CCN(CC(=O)NC2CC2)CC1.I. The van der Waals surface area contributed by atoms with Gasteiger partial charge in [0.2, 0.25) is 5.91 Å². The Morgan fingerprint density at radius 2 is 1.77 bits per heavy atom. The minimum atomic E-state index is -0.187. The van der Waals surface area contributed by atoms with Crippen molar-refractivity contribution in [2.24, 2.45) is 4.99 Å². The number of carbonyl (C=O) groups is 2. The zero-order valence-corrected chi connectivity index (χ0v) is 20.3. The van der Waals surface area contributed by atoms with Crippen LogP contribution in [0.1, 0.15) is 30.1 Å².